The van der Waals surface area contributed by atoms with Crippen LogP contribution in [-0.2, 0) is 11.2 Å². The lowest BCUT2D eigenvalue weighted by atomic mass is 10.1. The lowest BCUT2D eigenvalue weighted by Gasteiger charge is -2.35. The van der Waals surface area contributed by atoms with E-state index in [1.165, 1.54) is 0 Å². The number of aryl methyl sites for hydroxylation is 1. The van der Waals surface area contributed by atoms with Gasteiger partial charge < -0.3 is 14.5 Å². The van der Waals surface area contributed by atoms with Gasteiger partial charge in [-0.15, -0.1) is 0 Å². The molecule has 1 aliphatic heterocycles. The Balaban J connectivity index is 1.57. The third kappa shape index (κ3) is 3.64. The molecule has 1 aromatic heterocycles. The lowest BCUT2D eigenvalue weighted by molar-refractivity contribution is -0.130. The quantitative estimate of drug-likeness (QED) is 0.856. The minimum absolute atomic E-state index is 0.153. The first kappa shape index (κ1) is 16.2. The van der Waals surface area contributed by atoms with Gasteiger partial charge in [0, 0.05) is 38.6 Å². The number of ether oxygens (including phenoxy) is 1. The van der Waals surface area contributed by atoms with E-state index >= 15 is 0 Å². The molecule has 1 aliphatic rings. The second kappa shape index (κ2) is 7.29. The number of hydrogen-bond acceptors (Lipinski definition) is 5. The predicted octanol–water partition coefficient (Wildman–Crippen LogP) is 1.68. The molecule has 0 spiro atoms. The van der Waals surface area contributed by atoms with Crippen LogP contribution in [0.1, 0.15) is 11.1 Å². The van der Waals surface area contributed by atoms with Crippen LogP contribution in [0, 0.1) is 6.92 Å². The van der Waals surface area contributed by atoms with E-state index in [1.807, 2.05) is 30.0 Å². The molecule has 6 nitrogen and oxygen atoms in total. The highest BCUT2D eigenvalue weighted by molar-refractivity contribution is 5.79. The Bertz CT molecular complexity index is 697. The van der Waals surface area contributed by atoms with Gasteiger partial charge in [0.1, 0.15) is 11.6 Å². The highest BCUT2D eigenvalue weighted by Crippen LogP contribution is 2.20. The Morgan fingerprint density at radius 1 is 1.21 bits per heavy atom. The van der Waals surface area contributed by atoms with Crippen molar-refractivity contribution in [1.29, 1.82) is 0 Å². The number of piperazine rings is 1. The van der Waals surface area contributed by atoms with Gasteiger partial charge in [-0.25, -0.2) is 4.98 Å². The first-order valence-corrected chi connectivity index (χ1v) is 8.09. The van der Waals surface area contributed by atoms with Crippen molar-refractivity contribution in [3.05, 3.63) is 47.9 Å². The van der Waals surface area contributed by atoms with E-state index in [-0.39, 0.29) is 5.91 Å². The maximum Gasteiger partial charge on any atom is 0.227 e. The zero-order chi connectivity index (χ0) is 16.9. The molecular weight excluding hydrogens is 304 g/mol. The number of aromatic nitrogens is 2. The van der Waals surface area contributed by atoms with E-state index in [9.17, 15) is 4.79 Å². The summed E-state index contributed by atoms with van der Waals surface area (Å²) >= 11 is 0. The SMILES string of the molecule is COc1cc(CC(=O)N2CCN(c3cnccn3)CC2)ccc1C. The van der Waals surface area contributed by atoms with E-state index in [2.05, 4.69) is 14.9 Å². The van der Waals surface area contributed by atoms with Crippen LogP contribution in [0.4, 0.5) is 5.82 Å². The van der Waals surface area contributed by atoms with Crippen molar-refractivity contribution in [2.24, 2.45) is 0 Å². The molecule has 1 fully saturated rings. The van der Waals surface area contributed by atoms with Gasteiger partial charge in [-0.1, -0.05) is 12.1 Å². The summed E-state index contributed by atoms with van der Waals surface area (Å²) in [5.74, 6) is 1.85. The van der Waals surface area contributed by atoms with Crippen molar-refractivity contribution in [3.63, 3.8) is 0 Å². The molecule has 0 unspecified atom stereocenters. The zero-order valence-electron chi connectivity index (χ0n) is 14.1. The van der Waals surface area contributed by atoms with Crippen LogP contribution < -0.4 is 9.64 Å². The van der Waals surface area contributed by atoms with Gasteiger partial charge in [0.25, 0.3) is 0 Å². The monoisotopic (exact) mass is 326 g/mol. The van der Waals surface area contributed by atoms with Gasteiger partial charge in [0.2, 0.25) is 5.91 Å². The normalized spacial score (nSPS) is 14.6. The average Bonchev–Trinajstić information content (AvgIpc) is 2.64. The highest BCUT2D eigenvalue weighted by Gasteiger charge is 2.22. The zero-order valence-corrected chi connectivity index (χ0v) is 14.1. The summed E-state index contributed by atoms with van der Waals surface area (Å²) in [5.41, 5.74) is 2.06. The fourth-order valence-electron chi connectivity index (χ4n) is 2.90. The molecule has 6 heteroatoms. The molecule has 1 aromatic carbocycles. The lowest BCUT2D eigenvalue weighted by Crippen LogP contribution is -2.49. The number of benzene rings is 1. The first-order chi connectivity index (χ1) is 11.7. The summed E-state index contributed by atoms with van der Waals surface area (Å²) in [6.07, 6.45) is 5.52. The van der Waals surface area contributed by atoms with Gasteiger partial charge in [0.05, 0.1) is 19.7 Å². The Morgan fingerprint density at radius 2 is 2.00 bits per heavy atom. The molecule has 3 rings (SSSR count). The Labute approximate surface area is 142 Å². The van der Waals surface area contributed by atoms with Crippen molar-refractivity contribution < 1.29 is 9.53 Å². The molecule has 0 radical (unpaired) electrons. The van der Waals surface area contributed by atoms with Crippen LogP contribution in [0.3, 0.4) is 0 Å². The number of rotatable bonds is 4. The summed E-state index contributed by atoms with van der Waals surface area (Å²) < 4.78 is 5.33. The minimum atomic E-state index is 0.153. The van der Waals surface area contributed by atoms with Gasteiger partial charge in [0.15, 0.2) is 0 Å². The van der Waals surface area contributed by atoms with Gasteiger partial charge in [-0.2, -0.15) is 0 Å². The van der Waals surface area contributed by atoms with Gasteiger partial charge in [-0.3, -0.25) is 9.78 Å². The van der Waals surface area contributed by atoms with Crippen LogP contribution in [0.2, 0.25) is 0 Å². The number of nitrogens with zero attached hydrogens (tertiary/aromatic N) is 4. The molecule has 2 aromatic rings. The Kier molecular flexibility index (Phi) is 4.93. The van der Waals surface area contributed by atoms with Gasteiger partial charge in [-0.05, 0) is 24.1 Å². The van der Waals surface area contributed by atoms with E-state index in [1.54, 1.807) is 25.7 Å². The molecule has 24 heavy (non-hydrogen) atoms. The number of hydrogen-bond donors (Lipinski definition) is 0. The first-order valence-electron chi connectivity index (χ1n) is 8.09. The van der Waals surface area contributed by atoms with E-state index in [4.69, 9.17) is 4.74 Å². The van der Waals surface area contributed by atoms with E-state index in [0.717, 1.165) is 35.8 Å². The number of carbonyl (C=O) groups is 1. The van der Waals surface area contributed by atoms with Crippen LogP contribution in [0.15, 0.2) is 36.8 Å². The van der Waals surface area contributed by atoms with Crippen LogP contribution in [0.5, 0.6) is 5.75 Å². The smallest absolute Gasteiger partial charge is 0.227 e. The molecule has 0 aliphatic carbocycles. The number of methoxy groups -OCH3 is 1. The average molecular weight is 326 g/mol. The molecule has 126 valence electrons. The Hall–Kier alpha value is -2.63. The van der Waals surface area contributed by atoms with Gasteiger partial charge >= 0.3 is 0 Å². The van der Waals surface area contributed by atoms with Crippen LogP contribution >= 0.6 is 0 Å². The molecule has 0 atom stereocenters. The Morgan fingerprint density at radius 3 is 2.67 bits per heavy atom. The number of anilines is 1. The molecule has 0 N–H and O–H groups in total. The van der Waals surface area contributed by atoms with Crippen LogP contribution in [0.25, 0.3) is 0 Å². The largest absolute Gasteiger partial charge is 0.496 e. The van der Waals surface area contributed by atoms with Crippen LogP contribution in [-0.4, -0.2) is 54.1 Å². The van der Waals surface area contributed by atoms with Crippen molar-refractivity contribution in [2.45, 2.75) is 13.3 Å². The second-order valence-electron chi connectivity index (χ2n) is 5.91. The standard InChI is InChI=1S/C18H22N4O2/c1-14-3-4-15(11-16(14)24-2)12-18(23)22-9-7-21(8-10-22)17-13-19-5-6-20-17/h3-6,11,13H,7-10,12H2,1-2H3. The highest BCUT2D eigenvalue weighted by atomic mass is 16.5. The maximum atomic E-state index is 12.5. The molecule has 0 saturated carbocycles. The fourth-order valence-corrected chi connectivity index (χ4v) is 2.90. The molecular formula is C18H22N4O2. The molecule has 2 heterocycles. The summed E-state index contributed by atoms with van der Waals surface area (Å²) in [5, 5.41) is 0. The summed E-state index contributed by atoms with van der Waals surface area (Å²) in [6.45, 7) is 4.97. The van der Waals surface area contributed by atoms with Crippen molar-refractivity contribution in [1.82, 2.24) is 14.9 Å². The predicted molar refractivity (Wildman–Crippen MR) is 92.3 cm³/mol. The van der Waals surface area contributed by atoms with E-state index < -0.39 is 0 Å². The van der Waals surface area contributed by atoms with E-state index in [0.29, 0.717) is 19.5 Å². The molecule has 0 bridgehead atoms. The topological polar surface area (TPSA) is 58.6 Å². The maximum absolute atomic E-state index is 12.5. The molecule has 1 saturated heterocycles. The fraction of sp³-hybridized carbons (Fsp3) is 0.389. The number of amides is 1. The van der Waals surface area contributed by atoms with Crippen molar-refractivity contribution in [3.8, 4) is 5.75 Å². The van der Waals surface area contributed by atoms with Crippen molar-refractivity contribution in [2.75, 3.05) is 38.2 Å². The summed E-state index contributed by atoms with van der Waals surface area (Å²) in [4.78, 5) is 25.0. The minimum Gasteiger partial charge on any atom is -0.496 e. The third-order valence-electron chi connectivity index (χ3n) is 4.33. The van der Waals surface area contributed by atoms with Crippen molar-refractivity contribution >= 4 is 11.7 Å². The summed E-state index contributed by atoms with van der Waals surface area (Å²) in [6, 6.07) is 5.93. The second-order valence-corrected chi connectivity index (χ2v) is 5.91. The summed E-state index contributed by atoms with van der Waals surface area (Å²) in [7, 11) is 1.65. The number of carbonyl (C=O) groups excluding carboxylic acids is 1. The molecule has 1 amide bonds. The third-order valence-corrected chi connectivity index (χ3v) is 4.33.